The minimum Gasteiger partial charge on any atom is -0.756 e. The van der Waals surface area contributed by atoms with E-state index in [1.165, 1.54) is 161 Å². The van der Waals surface area contributed by atoms with Crippen molar-refractivity contribution in [1.29, 1.82) is 0 Å². The van der Waals surface area contributed by atoms with E-state index in [9.17, 15) is 19.0 Å². The number of likely N-dealkylation sites (N-methyl/N-ethyl adjacent to an activating group) is 1. The molecule has 0 aromatic heterocycles. The van der Waals surface area contributed by atoms with Gasteiger partial charge in [-0.2, -0.15) is 0 Å². The Morgan fingerprint density at radius 3 is 1.29 bits per heavy atom. The van der Waals surface area contributed by atoms with Gasteiger partial charge in [0, 0.05) is 12.8 Å². The molecule has 10 heteroatoms. The Morgan fingerprint density at radius 2 is 0.827 bits per heavy atom. The molecule has 3 unspecified atom stereocenters. The second-order valence-electron chi connectivity index (χ2n) is 22.6. The summed E-state index contributed by atoms with van der Waals surface area (Å²) in [6.07, 6.45) is 69.2. The summed E-state index contributed by atoms with van der Waals surface area (Å²) in [6.45, 7) is 6.78. The molecule has 0 bridgehead atoms. The van der Waals surface area contributed by atoms with Crippen LogP contribution < -0.4 is 10.2 Å². The molecule has 0 aromatic carbocycles. The highest BCUT2D eigenvalue weighted by Crippen LogP contribution is 2.38. The lowest BCUT2D eigenvalue weighted by atomic mass is 10.0. The molecule has 1 amide bonds. The van der Waals surface area contributed by atoms with Crippen LogP contribution in [0.3, 0.4) is 0 Å². The van der Waals surface area contributed by atoms with Crippen molar-refractivity contribution in [1.82, 2.24) is 5.32 Å². The summed E-state index contributed by atoms with van der Waals surface area (Å²) in [5.74, 6) is -0.549. The molecule has 438 valence electrons. The molecule has 0 aliphatic carbocycles. The minimum absolute atomic E-state index is 0.0240. The maximum absolute atomic E-state index is 13.5. The number of esters is 1. The van der Waals surface area contributed by atoms with E-state index < -0.39 is 26.6 Å². The van der Waals surface area contributed by atoms with Gasteiger partial charge in [0.15, 0.2) is 0 Å². The van der Waals surface area contributed by atoms with Crippen LogP contribution in [-0.4, -0.2) is 69.4 Å². The van der Waals surface area contributed by atoms with Crippen LogP contribution in [0.1, 0.15) is 290 Å². The molecular formula is C65H121N2O7P. The molecule has 3 atom stereocenters. The molecule has 0 fully saturated rings. The van der Waals surface area contributed by atoms with Crippen molar-refractivity contribution in [3.8, 4) is 0 Å². The topological polar surface area (TPSA) is 114 Å². The summed E-state index contributed by atoms with van der Waals surface area (Å²) >= 11 is 0. The number of allylic oxidation sites excluding steroid dienone is 9. The first-order chi connectivity index (χ1) is 36.4. The van der Waals surface area contributed by atoms with Crippen molar-refractivity contribution in [2.45, 2.75) is 303 Å². The van der Waals surface area contributed by atoms with Gasteiger partial charge in [-0.1, -0.05) is 249 Å². The molecule has 0 aliphatic rings. The molecule has 0 heterocycles. The third kappa shape index (κ3) is 56.2. The zero-order valence-corrected chi connectivity index (χ0v) is 50.9. The van der Waals surface area contributed by atoms with Gasteiger partial charge in [-0.3, -0.25) is 14.2 Å². The number of phosphoric ester groups is 1. The van der Waals surface area contributed by atoms with Crippen LogP contribution in [0.5, 0.6) is 0 Å². The summed E-state index contributed by atoms with van der Waals surface area (Å²) in [7, 11) is 1.18. The van der Waals surface area contributed by atoms with E-state index in [2.05, 4.69) is 74.7 Å². The molecule has 0 saturated carbocycles. The number of hydrogen-bond acceptors (Lipinski definition) is 7. The average Bonchev–Trinajstić information content (AvgIpc) is 3.37. The summed E-state index contributed by atoms with van der Waals surface area (Å²) in [5, 5.41) is 3.02. The molecule has 0 spiro atoms. The Morgan fingerprint density at radius 1 is 0.467 bits per heavy atom. The number of carbonyl (C=O) groups is 2. The SMILES string of the molecule is CCCC/C=C\CCCCCCCC(=O)OC(/C=C\CCCCCCCCCCC)C(COP(=O)([O-])OCC[N+](C)(C)C)NC(=O)CCCCCCCCCCCCCCCC/C=C\C/C=C\C/C=C\CCCCC. The first kappa shape index (κ1) is 72.7. The highest BCUT2D eigenvalue weighted by molar-refractivity contribution is 7.45. The van der Waals surface area contributed by atoms with Crippen molar-refractivity contribution < 1.29 is 37.3 Å². The van der Waals surface area contributed by atoms with Gasteiger partial charge in [-0.05, 0) is 89.5 Å². The number of ether oxygens (including phenoxy) is 1. The number of carbonyl (C=O) groups excluding carboxylic acids is 2. The van der Waals surface area contributed by atoms with Gasteiger partial charge in [-0.25, -0.2) is 0 Å². The van der Waals surface area contributed by atoms with Crippen LogP contribution in [0, 0.1) is 0 Å². The van der Waals surface area contributed by atoms with E-state index in [1.54, 1.807) is 0 Å². The quantitative estimate of drug-likeness (QED) is 0.0212. The van der Waals surface area contributed by atoms with Crippen molar-refractivity contribution in [3.63, 3.8) is 0 Å². The van der Waals surface area contributed by atoms with Gasteiger partial charge in [0.1, 0.15) is 19.3 Å². The van der Waals surface area contributed by atoms with Gasteiger partial charge in [0.2, 0.25) is 5.91 Å². The zero-order valence-electron chi connectivity index (χ0n) is 50.0. The monoisotopic (exact) mass is 1070 g/mol. The molecule has 1 N–H and O–H groups in total. The first-order valence-corrected chi connectivity index (χ1v) is 33.1. The Balaban J connectivity index is 4.97. The van der Waals surface area contributed by atoms with Crippen molar-refractivity contribution in [2.75, 3.05) is 40.9 Å². The molecule has 0 radical (unpaired) electrons. The summed E-state index contributed by atoms with van der Waals surface area (Å²) < 4.78 is 30.2. The number of amides is 1. The first-order valence-electron chi connectivity index (χ1n) is 31.6. The van der Waals surface area contributed by atoms with Gasteiger partial charge in [-0.15, -0.1) is 0 Å². The van der Waals surface area contributed by atoms with E-state index in [4.69, 9.17) is 13.8 Å². The number of phosphoric acid groups is 1. The lowest BCUT2D eigenvalue weighted by Gasteiger charge is -2.30. The number of nitrogens with one attached hydrogen (secondary N) is 1. The lowest BCUT2D eigenvalue weighted by molar-refractivity contribution is -0.870. The predicted octanol–water partition coefficient (Wildman–Crippen LogP) is 18.8. The Hall–Kier alpha value is -2.29. The van der Waals surface area contributed by atoms with Crippen LogP contribution in [0.4, 0.5) is 0 Å². The molecule has 0 aromatic rings. The second kappa shape index (κ2) is 55.0. The summed E-state index contributed by atoms with van der Waals surface area (Å²) in [5.41, 5.74) is 0. The fourth-order valence-corrected chi connectivity index (χ4v) is 9.70. The van der Waals surface area contributed by atoms with Crippen molar-refractivity contribution in [2.24, 2.45) is 0 Å². The number of nitrogens with zero attached hydrogens (tertiary/aromatic N) is 1. The maximum Gasteiger partial charge on any atom is 0.306 e. The lowest BCUT2D eigenvalue weighted by Crippen LogP contribution is -2.47. The Bertz CT molecular complexity index is 1470. The number of rotatable bonds is 57. The largest absolute Gasteiger partial charge is 0.756 e. The van der Waals surface area contributed by atoms with Crippen molar-refractivity contribution >= 4 is 19.7 Å². The van der Waals surface area contributed by atoms with Gasteiger partial charge in [0.25, 0.3) is 7.82 Å². The maximum atomic E-state index is 13.5. The van der Waals surface area contributed by atoms with Crippen molar-refractivity contribution in [3.05, 3.63) is 60.8 Å². The average molecular weight is 1070 g/mol. The smallest absolute Gasteiger partial charge is 0.306 e. The third-order valence-electron chi connectivity index (χ3n) is 13.9. The highest BCUT2D eigenvalue weighted by atomic mass is 31.2. The van der Waals surface area contributed by atoms with E-state index >= 15 is 0 Å². The number of quaternary nitrogens is 1. The Kier molecular flexibility index (Phi) is 53.4. The zero-order chi connectivity index (χ0) is 55.0. The highest BCUT2D eigenvalue weighted by Gasteiger charge is 2.27. The number of hydrogen-bond donors (Lipinski definition) is 1. The number of unbranched alkanes of at least 4 members (excludes halogenated alkanes) is 33. The molecular weight excluding hydrogens is 952 g/mol. The van der Waals surface area contributed by atoms with E-state index in [0.29, 0.717) is 17.4 Å². The van der Waals surface area contributed by atoms with E-state index in [0.717, 1.165) is 96.3 Å². The molecule has 0 saturated heterocycles. The summed E-state index contributed by atoms with van der Waals surface area (Å²) in [4.78, 5) is 39.9. The summed E-state index contributed by atoms with van der Waals surface area (Å²) in [6, 6.07) is -0.890. The van der Waals surface area contributed by atoms with Gasteiger partial charge >= 0.3 is 5.97 Å². The van der Waals surface area contributed by atoms with Crippen LogP contribution in [-0.2, 0) is 27.9 Å². The van der Waals surface area contributed by atoms with Gasteiger partial charge in [0.05, 0.1) is 33.8 Å². The fourth-order valence-electron chi connectivity index (χ4n) is 8.98. The standard InChI is InChI=1S/C65H121N2O7P/c1-7-10-13-16-19-22-25-26-27-28-29-30-31-32-33-34-35-36-37-38-39-40-43-45-48-51-54-57-64(68)66-62(61-73-75(70,71)72-60-59-67(4,5)6)63(56-53-50-47-44-41-23-20-17-14-11-8-2)74-65(69)58-55-52-49-46-42-24-21-18-15-12-9-3/h18-19,21-22,26-27,29-30,53,56,62-63H,7-17,20,23-25,28,31-52,54-55,57-61H2,1-6H3,(H-,66,68,70,71)/b21-18-,22-19-,27-26-,30-29-,56-53-. The normalized spacial score (nSPS) is 14.1. The molecule has 9 nitrogen and oxygen atoms in total. The van der Waals surface area contributed by atoms with E-state index in [1.807, 2.05) is 33.3 Å². The Labute approximate surface area is 464 Å². The fraction of sp³-hybridized carbons (Fsp3) is 0.815. The van der Waals surface area contributed by atoms with Crippen LogP contribution in [0.25, 0.3) is 0 Å². The predicted molar refractivity (Wildman–Crippen MR) is 321 cm³/mol. The van der Waals surface area contributed by atoms with Crippen LogP contribution in [0.2, 0.25) is 0 Å². The molecule has 75 heavy (non-hydrogen) atoms. The minimum atomic E-state index is -4.70. The molecule has 0 rings (SSSR count). The third-order valence-corrected chi connectivity index (χ3v) is 14.9. The van der Waals surface area contributed by atoms with Crippen LogP contribution >= 0.6 is 7.82 Å². The second-order valence-corrected chi connectivity index (χ2v) is 24.0. The van der Waals surface area contributed by atoms with Crippen LogP contribution in [0.15, 0.2) is 60.8 Å². The van der Waals surface area contributed by atoms with E-state index in [-0.39, 0.29) is 24.9 Å². The molecule has 0 aliphatic heterocycles. The van der Waals surface area contributed by atoms with Gasteiger partial charge < -0.3 is 28.5 Å².